The van der Waals surface area contributed by atoms with Crippen molar-refractivity contribution in [3.05, 3.63) is 60.8 Å². The first-order chi connectivity index (χ1) is 23.3. The summed E-state index contributed by atoms with van der Waals surface area (Å²) in [4.78, 5) is 42.7. The van der Waals surface area contributed by atoms with Crippen LogP contribution in [0.4, 0.5) is 0 Å². The number of esters is 2. The average molecular weight is 695 g/mol. The van der Waals surface area contributed by atoms with E-state index >= 15 is 0 Å². The summed E-state index contributed by atoms with van der Waals surface area (Å²) in [6, 6.07) is 0. The molecule has 0 aliphatic carbocycles. The monoisotopic (exact) mass is 694 g/mol. The molecule has 0 aromatic rings. The van der Waals surface area contributed by atoms with Crippen LogP contribution >= 0.6 is 7.82 Å². The minimum Gasteiger partial charge on any atom is -0.462 e. The smallest absolute Gasteiger partial charge is 0.462 e. The topological polar surface area (TPSA) is 119 Å². The average Bonchev–Trinajstić information content (AvgIpc) is 3.05. The van der Waals surface area contributed by atoms with E-state index in [-0.39, 0.29) is 19.4 Å². The van der Waals surface area contributed by atoms with E-state index in [1.165, 1.54) is 44.9 Å². The van der Waals surface area contributed by atoms with Crippen LogP contribution in [0.5, 0.6) is 0 Å². The van der Waals surface area contributed by atoms with Gasteiger partial charge in [0, 0.05) is 12.8 Å². The summed E-state index contributed by atoms with van der Waals surface area (Å²) in [7, 11) is -4.76. The molecule has 0 rings (SSSR count). The summed E-state index contributed by atoms with van der Waals surface area (Å²) < 4.78 is 26.2. The van der Waals surface area contributed by atoms with E-state index < -0.39 is 32.5 Å². The maximum atomic E-state index is 12.3. The van der Waals surface area contributed by atoms with E-state index in [1.54, 1.807) is 0 Å². The summed E-state index contributed by atoms with van der Waals surface area (Å²) in [6.07, 6.45) is 42.2. The Balaban J connectivity index is 4.09. The highest BCUT2D eigenvalue weighted by atomic mass is 31.2. The fourth-order valence-electron chi connectivity index (χ4n) is 4.70. The number of carbonyl (C=O) groups is 2. The number of ether oxygens (including phenoxy) is 2. The molecule has 8 nitrogen and oxygen atoms in total. The first-order valence-electron chi connectivity index (χ1n) is 18.6. The molecule has 0 radical (unpaired) electrons. The number of phosphoric ester groups is 1. The van der Waals surface area contributed by atoms with Gasteiger partial charge >= 0.3 is 19.8 Å². The number of rotatable bonds is 33. The third-order valence-electron chi connectivity index (χ3n) is 7.51. The Morgan fingerprint density at radius 3 is 1.44 bits per heavy atom. The Labute approximate surface area is 292 Å². The summed E-state index contributed by atoms with van der Waals surface area (Å²) in [5.41, 5.74) is 0. The fourth-order valence-corrected chi connectivity index (χ4v) is 5.06. The van der Waals surface area contributed by atoms with Gasteiger partial charge in [-0.3, -0.25) is 14.1 Å². The van der Waals surface area contributed by atoms with Crippen molar-refractivity contribution >= 4 is 19.8 Å². The van der Waals surface area contributed by atoms with E-state index in [2.05, 4.69) is 79.1 Å². The minimum absolute atomic E-state index is 0.157. The van der Waals surface area contributed by atoms with Gasteiger partial charge in [0.15, 0.2) is 6.10 Å². The Bertz CT molecular complexity index is 963. The predicted octanol–water partition coefficient (Wildman–Crippen LogP) is 11.0. The predicted molar refractivity (Wildman–Crippen MR) is 197 cm³/mol. The van der Waals surface area contributed by atoms with Crippen molar-refractivity contribution in [2.45, 2.75) is 161 Å². The van der Waals surface area contributed by atoms with E-state index in [4.69, 9.17) is 19.3 Å². The molecule has 0 unspecified atom stereocenters. The molecule has 48 heavy (non-hydrogen) atoms. The van der Waals surface area contributed by atoms with Gasteiger partial charge in [0.25, 0.3) is 0 Å². The Kier molecular flexibility index (Phi) is 33.0. The zero-order valence-corrected chi connectivity index (χ0v) is 31.0. The molecule has 276 valence electrons. The lowest BCUT2D eigenvalue weighted by Gasteiger charge is -2.18. The van der Waals surface area contributed by atoms with E-state index in [9.17, 15) is 14.2 Å². The van der Waals surface area contributed by atoms with Gasteiger partial charge < -0.3 is 19.3 Å². The van der Waals surface area contributed by atoms with Gasteiger partial charge in [0.2, 0.25) is 0 Å². The van der Waals surface area contributed by atoms with E-state index in [0.29, 0.717) is 12.8 Å². The SMILES string of the molecule is CCCCC/C=C\C/C=C\C/C=C\CCCCC(=O)O[C@H](COC(=O)CCCCCCC/C=C\C/C=C\CCCCC)COP(=O)(O)O. The van der Waals surface area contributed by atoms with Crippen LogP contribution in [0.1, 0.15) is 155 Å². The van der Waals surface area contributed by atoms with Crippen molar-refractivity contribution < 1.29 is 37.9 Å². The van der Waals surface area contributed by atoms with Crippen molar-refractivity contribution in [2.75, 3.05) is 13.2 Å². The van der Waals surface area contributed by atoms with Crippen molar-refractivity contribution in [3.63, 3.8) is 0 Å². The van der Waals surface area contributed by atoms with Gasteiger partial charge in [-0.1, -0.05) is 120 Å². The molecule has 0 heterocycles. The molecule has 0 bridgehead atoms. The maximum absolute atomic E-state index is 12.3. The third kappa shape index (κ3) is 36.6. The molecule has 2 N–H and O–H groups in total. The standard InChI is InChI=1S/C39H67O8P/c1-3-5-7-9-11-13-15-17-19-21-23-25-27-29-31-33-38(40)45-35-37(36-46-48(42,43)44)47-39(41)34-32-30-28-26-24-22-20-18-16-14-12-10-8-6-4-2/h11-14,17-20,24,26,37H,3-10,15-16,21-23,25,27-36H2,1-2H3,(H2,42,43,44)/b13-11-,14-12-,19-17-,20-18-,26-24-/t37-/m1/s1. The molecular formula is C39H67O8P. The molecule has 0 aromatic heterocycles. The van der Waals surface area contributed by atoms with Crippen molar-refractivity contribution in [1.82, 2.24) is 0 Å². The second kappa shape index (κ2) is 34.6. The van der Waals surface area contributed by atoms with Crippen LogP contribution in [0.2, 0.25) is 0 Å². The number of phosphoric acid groups is 1. The lowest BCUT2D eigenvalue weighted by Crippen LogP contribution is -2.29. The minimum atomic E-state index is -4.76. The normalized spacial score (nSPS) is 13.2. The molecule has 0 fully saturated rings. The highest BCUT2D eigenvalue weighted by molar-refractivity contribution is 7.46. The molecule has 0 saturated carbocycles. The lowest BCUT2D eigenvalue weighted by atomic mass is 10.1. The van der Waals surface area contributed by atoms with Gasteiger partial charge in [-0.2, -0.15) is 0 Å². The van der Waals surface area contributed by atoms with Gasteiger partial charge in [-0.15, -0.1) is 0 Å². The van der Waals surface area contributed by atoms with Crippen LogP contribution in [-0.2, 0) is 28.2 Å². The van der Waals surface area contributed by atoms with Crippen LogP contribution in [0.25, 0.3) is 0 Å². The van der Waals surface area contributed by atoms with Crippen molar-refractivity contribution in [1.29, 1.82) is 0 Å². The second-order valence-electron chi connectivity index (χ2n) is 12.2. The number of hydrogen-bond acceptors (Lipinski definition) is 6. The molecule has 0 amide bonds. The van der Waals surface area contributed by atoms with Crippen LogP contribution in [-0.4, -0.2) is 41.0 Å². The first kappa shape index (κ1) is 45.8. The Morgan fingerprint density at radius 1 is 0.542 bits per heavy atom. The van der Waals surface area contributed by atoms with Crippen LogP contribution < -0.4 is 0 Å². The fraction of sp³-hybridized carbons (Fsp3) is 0.692. The zero-order chi connectivity index (χ0) is 35.4. The highest BCUT2D eigenvalue weighted by Crippen LogP contribution is 2.35. The summed E-state index contributed by atoms with van der Waals surface area (Å²) >= 11 is 0. The third-order valence-corrected chi connectivity index (χ3v) is 7.99. The molecule has 0 saturated heterocycles. The Hall–Kier alpha value is -2.25. The van der Waals surface area contributed by atoms with E-state index in [0.717, 1.165) is 70.6 Å². The van der Waals surface area contributed by atoms with Gasteiger partial charge in [0.05, 0.1) is 6.61 Å². The summed E-state index contributed by atoms with van der Waals surface area (Å²) in [5.74, 6) is -0.952. The number of unbranched alkanes of at least 4 members (excludes halogenated alkanes) is 13. The second-order valence-corrected chi connectivity index (χ2v) is 13.4. The van der Waals surface area contributed by atoms with Crippen LogP contribution in [0.15, 0.2) is 60.8 Å². The number of allylic oxidation sites excluding steroid dienone is 10. The molecule has 9 heteroatoms. The molecule has 1 atom stereocenters. The largest absolute Gasteiger partial charge is 0.469 e. The summed E-state index contributed by atoms with van der Waals surface area (Å²) in [5, 5.41) is 0. The van der Waals surface area contributed by atoms with Crippen LogP contribution in [0, 0.1) is 0 Å². The highest BCUT2D eigenvalue weighted by Gasteiger charge is 2.22. The first-order valence-corrected chi connectivity index (χ1v) is 20.1. The molecule has 0 aliphatic heterocycles. The summed E-state index contributed by atoms with van der Waals surface area (Å²) in [6.45, 7) is 3.56. The lowest BCUT2D eigenvalue weighted by molar-refractivity contribution is -0.161. The molecule has 0 aromatic carbocycles. The quantitative estimate of drug-likeness (QED) is 0.0301. The molecular weight excluding hydrogens is 627 g/mol. The van der Waals surface area contributed by atoms with Crippen molar-refractivity contribution in [3.8, 4) is 0 Å². The number of hydrogen-bond donors (Lipinski definition) is 2. The Morgan fingerprint density at radius 2 is 0.938 bits per heavy atom. The van der Waals surface area contributed by atoms with Gasteiger partial charge in [0.1, 0.15) is 6.61 Å². The molecule has 0 spiro atoms. The molecule has 0 aliphatic rings. The van der Waals surface area contributed by atoms with Crippen LogP contribution in [0.3, 0.4) is 0 Å². The van der Waals surface area contributed by atoms with Gasteiger partial charge in [-0.25, -0.2) is 4.57 Å². The van der Waals surface area contributed by atoms with E-state index in [1.807, 2.05) is 0 Å². The van der Waals surface area contributed by atoms with Gasteiger partial charge in [-0.05, 0) is 83.5 Å². The maximum Gasteiger partial charge on any atom is 0.469 e. The van der Waals surface area contributed by atoms with Crippen molar-refractivity contribution in [2.24, 2.45) is 0 Å². The zero-order valence-electron chi connectivity index (χ0n) is 30.1. The number of carbonyl (C=O) groups excluding carboxylic acids is 2.